The summed E-state index contributed by atoms with van der Waals surface area (Å²) in [7, 11) is 1.25. The van der Waals surface area contributed by atoms with Gasteiger partial charge in [-0.15, -0.1) is 0 Å². The summed E-state index contributed by atoms with van der Waals surface area (Å²) in [6.45, 7) is -0.171. The van der Waals surface area contributed by atoms with Crippen molar-refractivity contribution in [1.29, 1.82) is 5.26 Å². The SMILES string of the molecule is COC(=O)CNC(=O)c1ccc(C#N)cc1. The monoisotopic (exact) mass is 218 g/mol. The number of benzene rings is 1. The van der Waals surface area contributed by atoms with Gasteiger partial charge in [0.2, 0.25) is 0 Å². The molecule has 1 amide bonds. The van der Waals surface area contributed by atoms with Crippen LogP contribution in [0.5, 0.6) is 0 Å². The Bertz CT molecular complexity index is 432. The van der Waals surface area contributed by atoms with E-state index in [0.717, 1.165) is 0 Å². The van der Waals surface area contributed by atoms with E-state index >= 15 is 0 Å². The summed E-state index contributed by atoms with van der Waals surface area (Å²) in [5, 5.41) is 11.0. The number of nitrogens with zero attached hydrogens (tertiary/aromatic N) is 1. The van der Waals surface area contributed by atoms with E-state index in [4.69, 9.17) is 5.26 Å². The molecule has 0 aliphatic carbocycles. The number of amides is 1. The predicted octanol–water partition coefficient (Wildman–Crippen LogP) is 0.461. The van der Waals surface area contributed by atoms with Crippen molar-refractivity contribution in [2.75, 3.05) is 13.7 Å². The number of esters is 1. The normalized spacial score (nSPS) is 9.00. The second-order valence-electron chi connectivity index (χ2n) is 2.95. The third kappa shape index (κ3) is 3.10. The number of hydrogen-bond acceptors (Lipinski definition) is 4. The molecule has 16 heavy (non-hydrogen) atoms. The lowest BCUT2D eigenvalue weighted by molar-refractivity contribution is -0.139. The van der Waals surface area contributed by atoms with Crippen molar-refractivity contribution in [3.8, 4) is 6.07 Å². The first-order valence-corrected chi connectivity index (χ1v) is 4.52. The zero-order valence-corrected chi connectivity index (χ0v) is 8.69. The van der Waals surface area contributed by atoms with Crippen molar-refractivity contribution in [1.82, 2.24) is 5.32 Å². The topological polar surface area (TPSA) is 79.2 Å². The van der Waals surface area contributed by atoms with Gasteiger partial charge in [0.25, 0.3) is 5.91 Å². The van der Waals surface area contributed by atoms with Crippen LogP contribution in [0.15, 0.2) is 24.3 Å². The Morgan fingerprint density at radius 2 is 2.00 bits per heavy atom. The first-order valence-electron chi connectivity index (χ1n) is 4.52. The number of methoxy groups -OCH3 is 1. The summed E-state index contributed by atoms with van der Waals surface area (Å²) < 4.78 is 4.38. The minimum atomic E-state index is -0.512. The van der Waals surface area contributed by atoms with Crippen LogP contribution in [0, 0.1) is 11.3 Å². The summed E-state index contributed by atoms with van der Waals surface area (Å²) in [6.07, 6.45) is 0. The molecule has 82 valence electrons. The third-order valence-corrected chi connectivity index (χ3v) is 1.90. The van der Waals surface area contributed by atoms with Crippen molar-refractivity contribution >= 4 is 11.9 Å². The van der Waals surface area contributed by atoms with E-state index in [-0.39, 0.29) is 12.5 Å². The lowest BCUT2D eigenvalue weighted by Crippen LogP contribution is -2.30. The minimum Gasteiger partial charge on any atom is -0.468 e. The lowest BCUT2D eigenvalue weighted by atomic mass is 10.1. The maximum Gasteiger partial charge on any atom is 0.325 e. The Labute approximate surface area is 92.6 Å². The molecule has 0 heterocycles. The molecule has 5 nitrogen and oxygen atoms in total. The highest BCUT2D eigenvalue weighted by molar-refractivity contribution is 5.95. The molecular formula is C11H10N2O3. The van der Waals surface area contributed by atoms with Crippen LogP contribution < -0.4 is 5.32 Å². The van der Waals surface area contributed by atoms with Crippen LogP contribution in [-0.4, -0.2) is 25.5 Å². The molecule has 0 unspecified atom stereocenters. The molecule has 0 spiro atoms. The van der Waals surface area contributed by atoms with Crippen LogP contribution >= 0.6 is 0 Å². The van der Waals surface area contributed by atoms with Crippen molar-refractivity contribution in [2.24, 2.45) is 0 Å². The number of nitriles is 1. The van der Waals surface area contributed by atoms with Crippen LogP contribution in [0.2, 0.25) is 0 Å². The predicted molar refractivity (Wildman–Crippen MR) is 55.5 cm³/mol. The van der Waals surface area contributed by atoms with Gasteiger partial charge < -0.3 is 10.1 Å². The Balaban J connectivity index is 2.60. The maximum atomic E-state index is 11.5. The quantitative estimate of drug-likeness (QED) is 0.747. The van der Waals surface area contributed by atoms with Gasteiger partial charge in [0.05, 0.1) is 18.7 Å². The lowest BCUT2D eigenvalue weighted by Gasteiger charge is -2.03. The second kappa shape index (κ2) is 5.51. The first-order chi connectivity index (χ1) is 7.67. The van der Waals surface area contributed by atoms with Gasteiger partial charge in [0.1, 0.15) is 6.54 Å². The number of carbonyl (C=O) groups excluding carboxylic acids is 2. The number of nitrogens with one attached hydrogen (secondary N) is 1. The molecule has 1 N–H and O–H groups in total. The molecule has 1 aromatic carbocycles. The summed E-state index contributed by atoms with van der Waals surface area (Å²) in [4.78, 5) is 22.2. The van der Waals surface area contributed by atoms with Crippen LogP contribution in [0.1, 0.15) is 15.9 Å². The summed E-state index contributed by atoms with van der Waals surface area (Å²) >= 11 is 0. The second-order valence-corrected chi connectivity index (χ2v) is 2.95. The molecule has 5 heteroatoms. The van der Waals surface area contributed by atoms with Crippen LogP contribution in [0.3, 0.4) is 0 Å². The van der Waals surface area contributed by atoms with E-state index in [9.17, 15) is 9.59 Å². The van der Waals surface area contributed by atoms with E-state index in [1.807, 2.05) is 6.07 Å². The molecule has 0 aliphatic heterocycles. The van der Waals surface area contributed by atoms with Gasteiger partial charge in [-0.3, -0.25) is 9.59 Å². The van der Waals surface area contributed by atoms with Gasteiger partial charge in [-0.2, -0.15) is 5.26 Å². The van der Waals surface area contributed by atoms with Gasteiger partial charge in [-0.1, -0.05) is 0 Å². The van der Waals surface area contributed by atoms with Crippen molar-refractivity contribution in [3.05, 3.63) is 35.4 Å². The summed E-state index contributed by atoms with van der Waals surface area (Å²) in [6, 6.07) is 8.05. The van der Waals surface area contributed by atoms with Gasteiger partial charge in [-0.25, -0.2) is 0 Å². The average molecular weight is 218 g/mol. The fraction of sp³-hybridized carbons (Fsp3) is 0.182. The molecule has 0 radical (unpaired) electrons. The van der Waals surface area contributed by atoms with E-state index < -0.39 is 5.97 Å². The third-order valence-electron chi connectivity index (χ3n) is 1.90. The van der Waals surface area contributed by atoms with Crippen molar-refractivity contribution < 1.29 is 14.3 Å². The van der Waals surface area contributed by atoms with Crippen molar-refractivity contribution in [2.45, 2.75) is 0 Å². The molecule has 0 aromatic heterocycles. The molecule has 0 aliphatic rings. The number of carbonyl (C=O) groups is 2. The van der Waals surface area contributed by atoms with Gasteiger partial charge in [0.15, 0.2) is 0 Å². The number of hydrogen-bond donors (Lipinski definition) is 1. The van der Waals surface area contributed by atoms with E-state index in [0.29, 0.717) is 11.1 Å². The summed E-state index contributed by atoms with van der Waals surface area (Å²) in [5.41, 5.74) is 0.868. The molecule has 1 rings (SSSR count). The van der Waals surface area contributed by atoms with E-state index in [1.165, 1.54) is 31.4 Å². The molecule has 0 fully saturated rings. The smallest absolute Gasteiger partial charge is 0.325 e. The Hall–Kier alpha value is -2.35. The van der Waals surface area contributed by atoms with Crippen molar-refractivity contribution in [3.63, 3.8) is 0 Å². The highest BCUT2D eigenvalue weighted by atomic mass is 16.5. The van der Waals surface area contributed by atoms with Crippen LogP contribution in [-0.2, 0) is 9.53 Å². The number of ether oxygens (including phenoxy) is 1. The highest BCUT2D eigenvalue weighted by Gasteiger charge is 2.07. The average Bonchev–Trinajstić information content (AvgIpc) is 2.35. The van der Waals surface area contributed by atoms with Gasteiger partial charge in [-0.05, 0) is 24.3 Å². The number of rotatable bonds is 3. The zero-order valence-electron chi connectivity index (χ0n) is 8.69. The zero-order chi connectivity index (χ0) is 12.0. The first kappa shape index (κ1) is 11.7. The molecule has 0 atom stereocenters. The molecule has 0 saturated carbocycles. The van der Waals surface area contributed by atoms with E-state index in [1.54, 1.807) is 0 Å². The van der Waals surface area contributed by atoms with Gasteiger partial charge in [0, 0.05) is 5.56 Å². The van der Waals surface area contributed by atoms with E-state index in [2.05, 4.69) is 10.1 Å². The molecule has 0 saturated heterocycles. The Morgan fingerprint density at radius 1 is 1.38 bits per heavy atom. The maximum absolute atomic E-state index is 11.5. The fourth-order valence-corrected chi connectivity index (χ4v) is 1.02. The minimum absolute atomic E-state index is 0.171. The molecule has 0 bridgehead atoms. The van der Waals surface area contributed by atoms with Crippen LogP contribution in [0.25, 0.3) is 0 Å². The highest BCUT2D eigenvalue weighted by Crippen LogP contribution is 2.02. The molecule has 1 aromatic rings. The Morgan fingerprint density at radius 3 is 2.50 bits per heavy atom. The summed E-state index contributed by atoms with van der Waals surface area (Å²) in [5.74, 6) is -0.892. The van der Waals surface area contributed by atoms with Gasteiger partial charge >= 0.3 is 5.97 Å². The largest absolute Gasteiger partial charge is 0.468 e. The Kier molecular flexibility index (Phi) is 4.04. The standard InChI is InChI=1S/C11H10N2O3/c1-16-10(14)7-13-11(15)9-4-2-8(6-12)3-5-9/h2-5H,7H2,1H3,(H,13,15). The fourth-order valence-electron chi connectivity index (χ4n) is 1.02. The van der Waals surface area contributed by atoms with Crippen LogP contribution in [0.4, 0.5) is 0 Å². The molecular weight excluding hydrogens is 208 g/mol.